The van der Waals surface area contributed by atoms with E-state index < -0.39 is 0 Å². The minimum atomic E-state index is 0.152. The molecule has 4 heteroatoms. The quantitative estimate of drug-likeness (QED) is 0.933. The Bertz CT molecular complexity index is 598. The van der Waals surface area contributed by atoms with E-state index in [-0.39, 0.29) is 6.04 Å². The second kappa shape index (κ2) is 6.25. The van der Waals surface area contributed by atoms with Crippen LogP contribution in [0.5, 0.6) is 0 Å². The number of aryl methyl sites for hydroxylation is 1. The van der Waals surface area contributed by atoms with Crippen molar-refractivity contribution in [2.75, 3.05) is 11.9 Å². The Hall–Kier alpha value is -1.58. The number of hydrogen-bond acceptors (Lipinski definition) is 3. The number of aromatic nitrogens is 1. The van der Waals surface area contributed by atoms with Crippen LogP contribution in [0.3, 0.4) is 0 Å². The van der Waals surface area contributed by atoms with Gasteiger partial charge in [0.2, 0.25) is 0 Å². The summed E-state index contributed by atoms with van der Waals surface area (Å²) in [4.78, 5) is 6.74. The number of anilines is 1. The van der Waals surface area contributed by atoms with Gasteiger partial charge < -0.3 is 10.6 Å². The van der Waals surface area contributed by atoms with Gasteiger partial charge in [0.05, 0.1) is 6.04 Å². The van der Waals surface area contributed by atoms with Crippen molar-refractivity contribution in [1.82, 2.24) is 4.98 Å². The molecule has 0 aliphatic rings. The smallest absolute Gasteiger partial charge is 0.129 e. The van der Waals surface area contributed by atoms with Crippen molar-refractivity contribution in [3.63, 3.8) is 0 Å². The van der Waals surface area contributed by atoms with Crippen LogP contribution in [0.4, 0.5) is 5.82 Å². The third-order valence-electron chi connectivity index (χ3n) is 3.70. The normalized spacial score (nSPS) is 12.2. The molecule has 1 unspecified atom stereocenters. The van der Waals surface area contributed by atoms with Crippen LogP contribution in [0, 0.1) is 6.92 Å². The molecule has 20 heavy (non-hydrogen) atoms. The molecule has 0 amide bonds. The topological polar surface area (TPSA) is 42.2 Å². The van der Waals surface area contributed by atoms with E-state index in [1.165, 1.54) is 0 Å². The highest BCUT2D eigenvalue weighted by molar-refractivity contribution is 6.31. The molecular formula is C16H20ClN3. The van der Waals surface area contributed by atoms with E-state index in [0.29, 0.717) is 6.54 Å². The van der Waals surface area contributed by atoms with E-state index in [9.17, 15) is 0 Å². The second-order valence-electron chi connectivity index (χ2n) is 4.93. The van der Waals surface area contributed by atoms with E-state index >= 15 is 0 Å². The van der Waals surface area contributed by atoms with Gasteiger partial charge in [-0.3, -0.25) is 0 Å². The molecule has 106 valence electrons. The van der Waals surface area contributed by atoms with Crippen molar-refractivity contribution >= 4 is 17.4 Å². The van der Waals surface area contributed by atoms with Crippen molar-refractivity contribution in [3.8, 4) is 0 Å². The third-order valence-corrected chi connectivity index (χ3v) is 4.04. The summed E-state index contributed by atoms with van der Waals surface area (Å²) in [6.45, 7) is 4.62. The summed E-state index contributed by atoms with van der Waals surface area (Å²) in [7, 11) is 2.03. The molecule has 0 spiro atoms. The monoisotopic (exact) mass is 289 g/mol. The van der Waals surface area contributed by atoms with E-state index in [0.717, 1.165) is 27.7 Å². The Morgan fingerprint density at radius 2 is 1.95 bits per heavy atom. The zero-order valence-corrected chi connectivity index (χ0v) is 12.9. The minimum absolute atomic E-state index is 0.152. The molecule has 0 fully saturated rings. The van der Waals surface area contributed by atoms with Crippen molar-refractivity contribution in [3.05, 3.63) is 58.2 Å². The number of halogens is 1. The lowest BCUT2D eigenvalue weighted by Gasteiger charge is -2.27. The summed E-state index contributed by atoms with van der Waals surface area (Å²) in [5.74, 6) is 0.923. The average Bonchev–Trinajstić information content (AvgIpc) is 2.46. The number of nitrogens with two attached hydrogens (primary N) is 1. The van der Waals surface area contributed by atoms with Crippen molar-refractivity contribution in [2.24, 2.45) is 5.73 Å². The van der Waals surface area contributed by atoms with Crippen molar-refractivity contribution < 1.29 is 0 Å². The first kappa shape index (κ1) is 14.8. The highest BCUT2D eigenvalue weighted by atomic mass is 35.5. The molecule has 0 saturated carbocycles. The highest BCUT2D eigenvalue weighted by Gasteiger charge is 2.16. The van der Waals surface area contributed by atoms with Crippen molar-refractivity contribution in [2.45, 2.75) is 26.4 Å². The average molecular weight is 290 g/mol. The summed E-state index contributed by atoms with van der Waals surface area (Å²) in [6.07, 6.45) is 0. The van der Waals surface area contributed by atoms with Crippen LogP contribution in [0.15, 0.2) is 36.4 Å². The van der Waals surface area contributed by atoms with Crippen LogP contribution in [-0.4, -0.2) is 12.0 Å². The zero-order valence-electron chi connectivity index (χ0n) is 12.1. The number of benzene rings is 1. The van der Waals surface area contributed by atoms with Crippen LogP contribution in [0.1, 0.15) is 29.8 Å². The summed E-state index contributed by atoms with van der Waals surface area (Å²) >= 11 is 6.27. The highest BCUT2D eigenvalue weighted by Crippen LogP contribution is 2.29. The molecule has 0 radical (unpaired) electrons. The van der Waals surface area contributed by atoms with E-state index in [2.05, 4.69) is 16.8 Å². The van der Waals surface area contributed by atoms with Gasteiger partial charge >= 0.3 is 0 Å². The molecule has 2 aromatic rings. The fraction of sp³-hybridized carbons (Fsp3) is 0.312. The Kier molecular flexibility index (Phi) is 4.63. The van der Waals surface area contributed by atoms with Crippen LogP contribution in [0.2, 0.25) is 5.02 Å². The van der Waals surface area contributed by atoms with Crippen LogP contribution >= 0.6 is 11.6 Å². The minimum Gasteiger partial charge on any atom is -0.353 e. The largest absolute Gasteiger partial charge is 0.353 e. The summed E-state index contributed by atoms with van der Waals surface area (Å²) in [5, 5.41) is 0.780. The molecule has 0 aliphatic heterocycles. The number of hydrogen-bond donors (Lipinski definition) is 1. The molecule has 0 saturated heterocycles. The van der Waals surface area contributed by atoms with Gasteiger partial charge in [0.1, 0.15) is 5.82 Å². The SMILES string of the molecule is Cc1nc(N(C)C(C)c2ccccc2Cl)ccc1CN. The van der Waals surface area contributed by atoms with Gasteiger partial charge in [0.15, 0.2) is 0 Å². The lowest BCUT2D eigenvalue weighted by molar-refractivity contribution is 0.726. The molecule has 2 rings (SSSR count). The van der Waals surface area contributed by atoms with Gasteiger partial charge in [-0.05, 0) is 37.1 Å². The first-order valence-corrected chi connectivity index (χ1v) is 7.06. The first-order chi connectivity index (χ1) is 9.54. The van der Waals surface area contributed by atoms with Crippen LogP contribution in [-0.2, 0) is 6.54 Å². The molecule has 3 nitrogen and oxygen atoms in total. The molecule has 1 heterocycles. The standard InChI is InChI=1S/C16H20ClN3/c1-11-13(10-18)8-9-16(19-11)20(3)12(2)14-6-4-5-7-15(14)17/h4-9,12H,10,18H2,1-3H3. The Labute approximate surface area is 125 Å². The van der Waals surface area contributed by atoms with Crippen LogP contribution < -0.4 is 10.6 Å². The molecule has 0 bridgehead atoms. The lowest BCUT2D eigenvalue weighted by atomic mass is 10.1. The van der Waals surface area contributed by atoms with Crippen LogP contribution in [0.25, 0.3) is 0 Å². The summed E-state index contributed by atoms with van der Waals surface area (Å²) in [5.41, 5.74) is 8.82. The number of nitrogens with zero attached hydrogens (tertiary/aromatic N) is 2. The molecule has 1 aromatic heterocycles. The van der Waals surface area contributed by atoms with E-state index in [1.54, 1.807) is 0 Å². The van der Waals surface area contributed by atoms with E-state index in [4.69, 9.17) is 17.3 Å². The lowest BCUT2D eigenvalue weighted by Crippen LogP contribution is -2.23. The maximum atomic E-state index is 6.27. The third kappa shape index (κ3) is 2.94. The summed E-state index contributed by atoms with van der Waals surface area (Å²) < 4.78 is 0. The van der Waals surface area contributed by atoms with Gasteiger partial charge in [-0.25, -0.2) is 4.98 Å². The molecule has 1 aromatic carbocycles. The molecule has 1 atom stereocenters. The predicted molar refractivity (Wildman–Crippen MR) is 85.1 cm³/mol. The van der Waals surface area contributed by atoms with E-state index in [1.807, 2.05) is 50.4 Å². The fourth-order valence-corrected chi connectivity index (χ4v) is 2.50. The van der Waals surface area contributed by atoms with Crippen molar-refractivity contribution in [1.29, 1.82) is 0 Å². The maximum Gasteiger partial charge on any atom is 0.129 e. The zero-order chi connectivity index (χ0) is 14.7. The number of rotatable bonds is 4. The second-order valence-corrected chi connectivity index (χ2v) is 5.33. The summed E-state index contributed by atoms with van der Waals surface area (Å²) in [6, 6.07) is 12.1. The predicted octanol–water partition coefficient (Wildman–Crippen LogP) is 3.70. The first-order valence-electron chi connectivity index (χ1n) is 6.68. The maximum absolute atomic E-state index is 6.27. The van der Waals surface area contributed by atoms with Gasteiger partial charge in [0, 0.05) is 24.3 Å². The van der Waals surface area contributed by atoms with Gasteiger partial charge in [-0.15, -0.1) is 0 Å². The Morgan fingerprint density at radius 1 is 1.25 bits per heavy atom. The molecular weight excluding hydrogens is 270 g/mol. The molecule has 2 N–H and O–H groups in total. The molecule has 0 aliphatic carbocycles. The van der Waals surface area contributed by atoms with Gasteiger partial charge in [0.25, 0.3) is 0 Å². The Balaban J connectivity index is 2.29. The van der Waals surface area contributed by atoms with Gasteiger partial charge in [-0.1, -0.05) is 35.9 Å². The van der Waals surface area contributed by atoms with Gasteiger partial charge in [-0.2, -0.15) is 0 Å². The fourth-order valence-electron chi connectivity index (χ4n) is 2.21. The Morgan fingerprint density at radius 3 is 2.55 bits per heavy atom. The number of pyridine rings is 1.